The molecule has 0 bridgehead atoms. The number of rotatable bonds is 6. The Kier molecular flexibility index (Phi) is 8.58. The number of halogens is 2. The molecule has 2 amide bonds. The summed E-state index contributed by atoms with van der Waals surface area (Å²) in [7, 11) is 1.79. The molecule has 0 N–H and O–H groups in total. The summed E-state index contributed by atoms with van der Waals surface area (Å²) in [5, 5.41) is 1.02. The number of nitrogens with zero attached hydrogens (tertiary/aromatic N) is 3. The van der Waals surface area contributed by atoms with Gasteiger partial charge in [-0.1, -0.05) is 41.4 Å². The number of benzene rings is 2. The Balaban J connectivity index is 1.20. The van der Waals surface area contributed by atoms with E-state index in [1.54, 1.807) is 30.1 Å². The second-order valence-corrected chi connectivity index (χ2v) is 11.0. The number of morpholine rings is 1. The van der Waals surface area contributed by atoms with E-state index >= 15 is 0 Å². The van der Waals surface area contributed by atoms with Gasteiger partial charge >= 0.3 is 6.09 Å². The quantitative estimate of drug-likeness (QED) is 0.488. The van der Waals surface area contributed by atoms with Crippen molar-refractivity contribution < 1.29 is 19.1 Å². The summed E-state index contributed by atoms with van der Waals surface area (Å²) in [5.41, 5.74) is 5.58. The molecule has 1 saturated heterocycles. The monoisotopic (exact) mass is 557 g/mol. The molecule has 0 spiro atoms. The molecule has 1 atom stereocenters. The minimum atomic E-state index is -0.379. The molecular formula is C29H33Cl2N3O4. The van der Waals surface area contributed by atoms with Gasteiger partial charge in [-0.2, -0.15) is 0 Å². The maximum absolute atomic E-state index is 12.9. The van der Waals surface area contributed by atoms with E-state index in [2.05, 4.69) is 29.2 Å². The third kappa shape index (κ3) is 6.34. The van der Waals surface area contributed by atoms with Crippen LogP contribution < -0.4 is 0 Å². The molecule has 9 heteroatoms. The van der Waals surface area contributed by atoms with Crippen molar-refractivity contribution in [3.63, 3.8) is 0 Å². The number of hydrogen-bond acceptors (Lipinski definition) is 5. The van der Waals surface area contributed by atoms with Gasteiger partial charge in [0.15, 0.2) is 0 Å². The van der Waals surface area contributed by atoms with Crippen molar-refractivity contribution in [3.05, 3.63) is 74.8 Å². The highest BCUT2D eigenvalue weighted by Crippen LogP contribution is 2.38. The van der Waals surface area contributed by atoms with Gasteiger partial charge in [0.1, 0.15) is 6.61 Å². The maximum atomic E-state index is 12.9. The minimum Gasteiger partial charge on any atom is -0.445 e. The van der Waals surface area contributed by atoms with Crippen molar-refractivity contribution in [2.45, 2.75) is 31.9 Å². The molecule has 2 aromatic carbocycles. The summed E-state index contributed by atoms with van der Waals surface area (Å²) >= 11 is 12.1. The van der Waals surface area contributed by atoms with E-state index in [9.17, 15) is 9.59 Å². The average Bonchev–Trinajstić information content (AvgIpc) is 3.35. The molecule has 2 heterocycles. The van der Waals surface area contributed by atoms with Crippen LogP contribution in [0.15, 0.2) is 42.5 Å². The zero-order chi connectivity index (χ0) is 26.6. The fourth-order valence-electron chi connectivity index (χ4n) is 5.46. The van der Waals surface area contributed by atoms with Gasteiger partial charge in [-0.05, 0) is 71.4 Å². The van der Waals surface area contributed by atoms with E-state index in [-0.39, 0.29) is 24.6 Å². The Bertz CT molecular complexity index is 1210. The average molecular weight is 559 g/mol. The molecule has 2 aromatic rings. The zero-order valence-electron chi connectivity index (χ0n) is 21.6. The summed E-state index contributed by atoms with van der Waals surface area (Å²) in [4.78, 5) is 31.4. The molecular weight excluding hydrogens is 525 g/mol. The largest absolute Gasteiger partial charge is 0.445 e. The second kappa shape index (κ2) is 12.1. The van der Waals surface area contributed by atoms with Crippen molar-refractivity contribution in [3.8, 4) is 0 Å². The number of fused-ring (bicyclic) bond motifs is 1. The number of carbonyl (C=O) groups is 2. The summed E-state index contributed by atoms with van der Waals surface area (Å²) in [5.74, 6) is 0.177. The summed E-state index contributed by atoms with van der Waals surface area (Å²) in [6.45, 7) is 4.92. The first kappa shape index (κ1) is 27.0. The number of aryl methyl sites for hydroxylation is 1. The molecule has 1 unspecified atom stereocenters. The Hall–Kier alpha value is -2.58. The van der Waals surface area contributed by atoms with Gasteiger partial charge in [0, 0.05) is 43.3 Å². The molecule has 1 aliphatic carbocycles. The lowest BCUT2D eigenvalue weighted by Gasteiger charge is -2.31. The van der Waals surface area contributed by atoms with Gasteiger partial charge in [-0.25, -0.2) is 4.79 Å². The van der Waals surface area contributed by atoms with Crippen LogP contribution in [0.2, 0.25) is 10.0 Å². The zero-order valence-corrected chi connectivity index (χ0v) is 23.1. The second-order valence-electron chi connectivity index (χ2n) is 10.1. The summed E-state index contributed by atoms with van der Waals surface area (Å²) in [6.07, 6.45) is 4.38. The number of hydrogen-bond donors (Lipinski definition) is 0. The van der Waals surface area contributed by atoms with Gasteiger partial charge in [0.05, 0.1) is 25.8 Å². The first-order valence-electron chi connectivity index (χ1n) is 13.1. The van der Waals surface area contributed by atoms with E-state index in [0.717, 1.165) is 50.0 Å². The van der Waals surface area contributed by atoms with E-state index in [4.69, 9.17) is 32.7 Å². The maximum Gasteiger partial charge on any atom is 0.410 e. The highest BCUT2D eigenvalue weighted by molar-refractivity contribution is 6.34. The highest BCUT2D eigenvalue weighted by Gasteiger charge is 2.30. The molecule has 5 rings (SSSR count). The Morgan fingerprint density at radius 2 is 1.82 bits per heavy atom. The molecule has 202 valence electrons. The lowest BCUT2D eigenvalue weighted by molar-refractivity contribution is -0.133. The third-order valence-corrected chi connectivity index (χ3v) is 8.06. The van der Waals surface area contributed by atoms with E-state index in [1.807, 2.05) is 4.90 Å². The van der Waals surface area contributed by atoms with E-state index in [0.29, 0.717) is 36.3 Å². The molecule has 1 fully saturated rings. The normalized spacial score (nSPS) is 19.6. The Labute approximate surface area is 233 Å². The van der Waals surface area contributed by atoms with Crippen LogP contribution in [-0.2, 0) is 27.3 Å². The van der Waals surface area contributed by atoms with Crippen LogP contribution in [0, 0.1) is 0 Å². The van der Waals surface area contributed by atoms with Gasteiger partial charge in [0.2, 0.25) is 5.91 Å². The molecule has 7 nitrogen and oxygen atoms in total. The van der Waals surface area contributed by atoms with Gasteiger partial charge in [-0.3, -0.25) is 9.69 Å². The Morgan fingerprint density at radius 3 is 2.53 bits per heavy atom. The van der Waals surface area contributed by atoms with Gasteiger partial charge in [0.25, 0.3) is 0 Å². The van der Waals surface area contributed by atoms with Crippen LogP contribution >= 0.6 is 23.2 Å². The van der Waals surface area contributed by atoms with Crippen molar-refractivity contribution in [2.75, 3.05) is 53.0 Å². The standard InChI is InChI=1S/C29H33Cl2N3O4/c1-32(29(36)38-19-20-14-24(30)17-25(31)15-20)27-5-4-22-2-3-23(16-26(22)27)21-6-8-34(9-7-21)28(35)18-33-10-12-37-13-11-33/h2-3,6,14-17,27H,4-5,7-13,18-19H2,1H3. The molecule has 38 heavy (non-hydrogen) atoms. The van der Waals surface area contributed by atoms with E-state index in [1.165, 1.54) is 16.7 Å². The smallest absolute Gasteiger partial charge is 0.410 e. The van der Waals surface area contributed by atoms with Crippen LogP contribution in [0.25, 0.3) is 5.57 Å². The number of amides is 2. The van der Waals surface area contributed by atoms with Gasteiger partial charge < -0.3 is 19.3 Å². The van der Waals surface area contributed by atoms with Crippen molar-refractivity contribution in [1.29, 1.82) is 0 Å². The molecule has 0 aromatic heterocycles. The van der Waals surface area contributed by atoms with Crippen molar-refractivity contribution in [2.24, 2.45) is 0 Å². The number of carbonyl (C=O) groups excluding carboxylic acids is 2. The molecule has 3 aliphatic rings. The van der Waals surface area contributed by atoms with Crippen LogP contribution in [0.1, 0.15) is 41.1 Å². The lowest BCUT2D eigenvalue weighted by Crippen LogP contribution is -2.45. The predicted octanol–water partition coefficient (Wildman–Crippen LogP) is 5.20. The first-order valence-corrected chi connectivity index (χ1v) is 13.9. The summed E-state index contributed by atoms with van der Waals surface area (Å²) in [6, 6.07) is 11.6. The first-order chi connectivity index (χ1) is 18.4. The highest BCUT2D eigenvalue weighted by atomic mass is 35.5. The number of ether oxygens (including phenoxy) is 2. The van der Waals surface area contributed by atoms with Crippen LogP contribution in [0.4, 0.5) is 4.79 Å². The van der Waals surface area contributed by atoms with Gasteiger partial charge in [-0.15, -0.1) is 0 Å². The van der Waals surface area contributed by atoms with Crippen molar-refractivity contribution in [1.82, 2.24) is 14.7 Å². The third-order valence-electron chi connectivity index (χ3n) is 7.63. The molecule has 0 radical (unpaired) electrons. The topological polar surface area (TPSA) is 62.3 Å². The summed E-state index contributed by atoms with van der Waals surface area (Å²) < 4.78 is 11.0. The SMILES string of the molecule is CN(C(=O)OCc1cc(Cl)cc(Cl)c1)C1CCc2ccc(C3=CCN(C(=O)CN4CCOCC4)CC3)cc21. The lowest BCUT2D eigenvalue weighted by atomic mass is 9.95. The molecule has 2 aliphatic heterocycles. The predicted molar refractivity (Wildman–Crippen MR) is 148 cm³/mol. The van der Waals surface area contributed by atoms with Crippen LogP contribution in [-0.4, -0.2) is 79.7 Å². The van der Waals surface area contributed by atoms with Crippen LogP contribution in [0.3, 0.4) is 0 Å². The van der Waals surface area contributed by atoms with E-state index < -0.39 is 0 Å². The fourth-order valence-corrected chi connectivity index (χ4v) is 6.03. The Morgan fingerprint density at radius 1 is 1.05 bits per heavy atom. The minimum absolute atomic E-state index is 0.0452. The fraction of sp³-hybridized carbons (Fsp3) is 0.448. The van der Waals surface area contributed by atoms with Crippen LogP contribution in [0.5, 0.6) is 0 Å². The van der Waals surface area contributed by atoms with Crippen molar-refractivity contribution >= 4 is 40.8 Å². The molecule has 0 saturated carbocycles.